The normalized spacial score (nSPS) is 14.3. The van der Waals surface area contributed by atoms with Crippen LogP contribution >= 0.6 is 0 Å². The Morgan fingerprint density at radius 3 is 2.28 bits per heavy atom. The Morgan fingerprint density at radius 1 is 1.17 bits per heavy atom. The van der Waals surface area contributed by atoms with Crippen LogP contribution in [0.4, 0.5) is 0 Å². The Bertz CT molecular complexity index is 362. The van der Waals surface area contributed by atoms with Crippen LogP contribution in [0.5, 0.6) is 0 Å². The van der Waals surface area contributed by atoms with Crippen molar-refractivity contribution in [2.45, 2.75) is 32.7 Å². The smallest absolute Gasteiger partial charge is 0.227 e. The summed E-state index contributed by atoms with van der Waals surface area (Å²) in [5, 5.41) is 6.13. The third-order valence-electron chi connectivity index (χ3n) is 3.18. The summed E-state index contributed by atoms with van der Waals surface area (Å²) in [6.07, 6.45) is 0. The van der Waals surface area contributed by atoms with Crippen molar-refractivity contribution in [3.05, 3.63) is 35.9 Å². The molecule has 1 aromatic rings. The Balaban J connectivity index is 2.71. The summed E-state index contributed by atoms with van der Waals surface area (Å²) in [7, 11) is 1.90. The van der Waals surface area contributed by atoms with E-state index in [2.05, 4.69) is 24.5 Å². The molecule has 0 spiro atoms. The highest BCUT2D eigenvalue weighted by Gasteiger charge is 2.23. The van der Waals surface area contributed by atoms with E-state index in [-0.39, 0.29) is 23.8 Å². The Labute approximate surface area is 110 Å². The number of nitrogens with one attached hydrogen (secondary N) is 2. The first-order chi connectivity index (χ1) is 8.56. The van der Waals surface area contributed by atoms with Crippen molar-refractivity contribution in [3.8, 4) is 0 Å². The Hall–Kier alpha value is -1.35. The predicted octanol–water partition coefficient (Wildman–Crippen LogP) is 2.15. The molecular formula is C15H24N2O. The molecule has 100 valence electrons. The average Bonchev–Trinajstić information content (AvgIpc) is 2.37. The van der Waals surface area contributed by atoms with Gasteiger partial charge in [0.15, 0.2) is 0 Å². The van der Waals surface area contributed by atoms with Gasteiger partial charge >= 0.3 is 0 Å². The molecule has 0 aliphatic rings. The van der Waals surface area contributed by atoms with Crippen LogP contribution in [0.25, 0.3) is 0 Å². The molecule has 0 radical (unpaired) electrons. The highest BCUT2D eigenvalue weighted by Crippen LogP contribution is 2.24. The van der Waals surface area contributed by atoms with E-state index in [9.17, 15) is 4.79 Å². The zero-order chi connectivity index (χ0) is 13.5. The van der Waals surface area contributed by atoms with Gasteiger partial charge in [-0.3, -0.25) is 4.79 Å². The standard InChI is InChI=1S/C15H24N2O/c1-11(2)14(13-8-6-5-7-9-13)15(18)17-10-12(3)16-4/h5-9,11-12,14,16H,10H2,1-4H3,(H,17,18). The number of carbonyl (C=O) groups excluding carboxylic acids is 1. The zero-order valence-corrected chi connectivity index (χ0v) is 11.7. The Kier molecular flexibility index (Phi) is 5.86. The zero-order valence-electron chi connectivity index (χ0n) is 11.7. The van der Waals surface area contributed by atoms with E-state index < -0.39 is 0 Å². The summed E-state index contributed by atoms with van der Waals surface area (Å²) < 4.78 is 0. The lowest BCUT2D eigenvalue weighted by atomic mass is 9.87. The summed E-state index contributed by atoms with van der Waals surface area (Å²) in [5.74, 6) is 0.325. The van der Waals surface area contributed by atoms with E-state index in [4.69, 9.17) is 0 Å². The van der Waals surface area contributed by atoms with Crippen molar-refractivity contribution in [1.82, 2.24) is 10.6 Å². The molecule has 3 nitrogen and oxygen atoms in total. The third kappa shape index (κ3) is 4.15. The largest absolute Gasteiger partial charge is 0.354 e. The van der Waals surface area contributed by atoms with Crippen molar-refractivity contribution in [2.75, 3.05) is 13.6 Å². The highest BCUT2D eigenvalue weighted by atomic mass is 16.1. The molecule has 3 heteroatoms. The second-order valence-corrected chi connectivity index (χ2v) is 5.07. The number of rotatable bonds is 6. The van der Waals surface area contributed by atoms with Gasteiger partial charge < -0.3 is 10.6 Å². The SMILES string of the molecule is CNC(C)CNC(=O)C(c1ccccc1)C(C)C. The van der Waals surface area contributed by atoms with Gasteiger partial charge in [0.05, 0.1) is 5.92 Å². The number of hydrogen-bond donors (Lipinski definition) is 2. The van der Waals surface area contributed by atoms with Crippen LogP contribution in [0.2, 0.25) is 0 Å². The molecule has 1 amide bonds. The maximum absolute atomic E-state index is 12.3. The first kappa shape index (κ1) is 14.7. The Morgan fingerprint density at radius 2 is 1.78 bits per heavy atom. The van der Waals surface area contributed by atoms with Gasteiger partial charge in [-0.15, -0.1) is 0 Å². The van der Waals surface area contributed by atoms with Gasteiger partial charge in [-0.2, -0.15) is 0 Å². The van der Waals surface area contributed by atoms with E-state index >= 15 is 0 Å². The van der Waals surface area contributed by atoms with Crippen molar-refractivity contribution >= 4 is 5.91 Å². The predicted molar refractivity (Wildman–Crippen MR) is 75.6 cm³/mol. The molecule has 0 aliphatic heterocycles. The summed E-state index contributed by atoms with van der Waals surface area (Å²) >= 11 is 0. The van der Waals surface area contributed by atoms with E-state index in [1.54, 1.807) is 0 Å². The van der Waals surface area contributed by atoms with Crippen LogP contribution in [0, 0.1) is 5.92 Å². The average molecular weight is 248 g/mol. The molecule has 0 aliphatic carbocycles. The molecule has 0 bridgehead atoms. The molecule has 18 heavy (non-hydrogen) atoms. The lowest BCUT2D eigenvalue weighted by molar-refractivity contribution is -0.123. The molecule has 2 N–H and O–H groups in total. The number of amides is 1. The van der Waals surface area contributed by atoms with Crippen LogP contribution in [0.1, 0.15) is 32.3 Å². The molecule has 2 atom stereocenters. The summed E-state index contributed by atoms with van der Waals surface area (Å²) in [4.78, 5) is 12.3. The van der Waals surface area contributed by atoms with Gasteiger partial charge in [0.2, 0.25) is 5.91 Å². The summed E-state index contributed by atoms with van der Waals surface area (Å²) in [6, 6.07) is 10.3. The molecule has 1 rings (SSSR count). The number of likely N-dealkylation sites (N-methyl/N-ethyl adjacent to an activating group) is 1. The van der Waals surface area contributed by atoms with Gasteiger partial charge in [0.25, 0.3) is 0 Å². The van der Waals surface area contributed by atoms with Crippen molar-refractivity contribution in [3.63, 3.8) is 0 Å². The van der Waals surface area contributed by atoms with Gasteiger partial charge in [-0.05, 0) is 25.5 Å². The minimum atomic E-state index is -0.0738. The fraction of sp³-hybridized carbons (Fsp3) is 0.533. The van der Waals surface area contributed by atoms with Crippen LogP contribution in [-0.4, -0.2) is 25.5 Å². The van der Waals surface area contributed by atoms with Gasteiger partial charge in [0, 0.05) is 12.6 Å². The van der Waals surface area contributed by atoms with Crippen LogP contribution in [0.3, 0.4) is 0 Å². The van der Waals surface area contributed by atoms with Crippen molar-refractivity contribution in [1.29, 1.82) is 0 Å². The van der Waals surface area contributed by atoms with E-state index in [0.29, 0.717) is 6.54 Å². The fourth-order valence-corrected chi connectivity index (χ4v) is 1.97. The van der Waals surface area contributed by atoms with Crippen molar-refractivity contribution < 1.29 is 4.79 Å². The number of benzene rings is 1. The van der Waals surface area contributed by atoms with E-state index in [1.807, 2.05) is 44.3 Å². The van der Waals surface area contributed by atoms with E-state index in [0.717, 1.165) is 5.56 Å². The van der Waals surface area contributed by atoms with Crippen LogP contribution in [0.15, 0.2) is 30.3 Å². The van der Waals surface area contributed by atoms with Gasteiger partial charge in [-0.1, -0.05) is 44.2 Å². The van der Waals surface area contributed by atoms with E-state index in [1.165, 1.54) is 0 Å². The molecule has 0 aromatic heterocycles. The second kappa shape index (κ2) is 7.17. The first-order valence-corrected chi connectivity index (χ1v) is 6.56. The summed E-state index contributed by atoms with van der Waals surface area (Å²) in [6.45, 7) is 6.87. The molecule has 0 saturated heterocycles. The van der Waals surface area contributed by atoms with Crippen LogP contribution < -0.4 is 10.6 Å². The van der Waals surface area contributed by atoms with Gasteiger partial charge in [0.1, 0.15) is 0 Å². The molecular weight excluding hydrogens is 224 g/mol. The maximum Gasteiger partial charge on any atom is 0.227 e. The monoisotopic (exact) mass is 248 g/mol. The lowest BCUT2D eigenvalue weighted by Crippen LogP contribution is -2.40. The number of hydrogen-bond acceptors (Lipinski definition) is 2. The minimum Gasteiger partial charge on any atom is -0.354 e. The first-order valence-electron chi connectivity index (χ1n) is 6.56. The molecule has 1 aromatic carbocycles. The lowest BCUT2D eigenvalue weighted by Gasteiger charge is -2.22. The fourth-order valence-electron chi connectivity index (χ4n) is 1.97. The second-order valence-electron chi connectivity index (χ2n) is 5.07. The molecule has 0 fully saturated rings. The third-order valence-corrected chi connectivity index (χ3v) is 3.18. The highest BCUT2D eigenvalue weighted by molar-refractivity contribution is 5.83. The van der Waals surface area contributed by atoms with Crippen LogP contribution in [-0.2, 0) is 4.79 Å². The maximum atomic E-state index is 12.3. The minimum absolute atomic E-state index is 0.0738. The number of carbonyl (C=O) groups is 1. The molecule has 0 saturated carbocycles. The van der Waals surface area contributed by atoms with Gasteiger partial charge in [-0.25, -0.2) is 0 Å². The summed E-state index contributed by atoms with van der Waals surface area (Å²) in [5.41, 5.74) is 1.09. The molecule has 0 heterocycles. The quantitative estimate of drug-likeness (QED) is 0.810. The van der Waals surface area contributed by atoms with Crippen molar-refractivity contribution in [2.24, 2.45) is 5.92 Å². The topological polar surface area (TPSA) is 41.1 Å². The molecule has 2 unspecified atom stereocenters.